The van der Waals surface area contributed by atoms with Crippen LogP contribution in [0.5, 0.6) is 0 Å². The van der Waals surface area contributed by atoms with Gasteiger partial charge in [0.25, 0.3) is 5.89 Å². The van der Waals surface area contributed by atoms with E-state index in [1.54, 1.807) is 13.8 Å². The summed E-state index contributed by atoms with van der Waals surface area (Å²) in [5.41, 5.74) is 0.649. The number of carbonyl (C=O) groups excluding carboxylic acids is 1. The molecule has 1 atom stereocenters. The van der Waals surface area contributed by atoms with Crippen molar-refractivity contribution in [1.82, 2.24) is 10.3 Å². The number of rotatable bonds is 4. The van der Waals surface area contributed by atoms with Crippen LogP contribution >= 0.6 is 0 Å². The lowest BCUT2D eigenvalue weighted by molar-refractivity contribution is -0.140. The van der Waals surface area contributed by atoms with E-state index in [2.05, 4.69) is 10.3 Å². The van der Waals surface area contributed by atoms with Crippen LogP contribution in [-0.2, 0) is 4.79 Å². The first-order valence-electron chi connectivity index (χ1n) is 4.87. The van der Waals surface area contributed by atoms with Crippen molar-refractivity contribution in [2.45, 2.75) is 20.8 Å². The van der Waals surface area contributed by atoms with Crippen molar-refractivity contribution in [2.75, 3.05) is 6.54 Å². The zero-order chi connectivity index (χ0) is 12.3. The molecule has 1 heterocycles. The molecule has 0 saturated carbocycles. The second-order valence-electron chi connectivity index (χ2n) is 3.61. The first kappa shape index (κ1) is 12.2. The summed E-state index contributed by atoms with van der Waals surface area (Å²) in [5, 5.41) is 11.1. The Balaban J connectivity index is 2.56. The smallest absolute Gasteiger partial charge is 0.308 e. The second kappa shape index (κ2) is 4.78. The standard InChI is InChI=1S/C10H14N2O4/c1-5(10(14)15)4-11-8(13)9-12-6(2)7(3)16-9/h5H,4H2,1-3H3,(H,11,13)(H,14,15). The molecule has 0 bridgehead atoms. The van der Waals surface area contributed by atoms with Gasteiger partial charge in [0.15, 0.2) is 0 Å². The SMILES string of the molecule is Cc1nc(C(=O)NCC(C)C(=O)O)oc1C. The van der Waals surface area contributed by atoms with Crippen molar-refractivity contribution in [3.8, 4) is 0 Å². The van der Waals surface area contributed by atoms with Crippen LogP contribution in [0.2, 0.25) is 0 Å². The lowest BCUT2D eigenvalue weighted by Gasteiger charge is -2.05. The molecule has 0 aromatic carbocycles. The molecule has 6 heteroatoms. The number of carboxylic acid groups (broad SMARTS) is 1. The van der Waals surface area contributed by atoms with E-state index in [1.165, 1.54) is 6.92 Å². The molecule has 1 rings (SSSR count). The Morgan fingerprint density at radius 2 is 2.12 bits per heavy atom. The number of carbonyl (C=O) groups is 2. The molecule has 1 unspecified atom stereocenters. The van der Waals surface area contributed by atoms with Gasteiger partial charge in [-0.1, -0.05) is 6.92 Å². The molecule has 16 heavy (non-hydrogen) atoms. The maximum Gasteiger partial charge on any atom is 0.308 e. The molecular weight excluding hydrogens is 212 g/mol. The Kier molecular flexibility index (Phi) is 3.65. The van der Waals surface area contributed by atoms with E-state index in [4.69, 9.17) is 9.52 Å². The molecule has 1 amide bonds. The van der Waals surface area contributed by atoms with Gasteiger partial charge in [-0.15, -0.1) is 0 Å². The zero-order valence-corrected chi connectivity index (χ0v) is 9.40. The number of hydrogen-bond donors (Lipinski definition) is 2. The summed E-state index contributed by atoms with van der Waals surface area (Å²) >= 11 is 0. The minimum absolute atomic E-state index is 0.0346. The summed E-state index contributed by atoms with van der Waals surface area (Å²) in [6, 6.07) is 0. The Morgan fingerprint density at radius 1 is 1.50 bits per heavy atom. The van der Waals surface area contributed by atoms with Crippen molar-refractivity contribution in [1.29, 1.82) is 0 Å². The molecule has 88 valence electrons. The average Bonchev–Trinajstić information content (AvgIpc) is 2.55. The van der Waals surface area contributed by atoms with Crippen LogP contribution in [0.25, 0.3) is 0 Å². The number of oxazole rings is 1. The quantitative estimate of drug-likeness (QED) is 0.790. The van der Waals surface area contributed by atoms with Gasteiger partial charge in [-0.2, -0.15) is 0 Å². The van der Waals surface area contributed by atoms with Gasteiger partial charge in [0.1, 0.15) is 5.76 Å². The second-order valence-corrected chi connectivity index (χ2v) is 3.61. The fourth-order valence-electron chi connectivity index (χ4n) is 0.979. The van der Waals surface area contributed by atoms with Gasteiger partial charge in [0.2, 0.25) is 0 Å². The molecule has 0 saturated heterocycles. The van der Waals surface area contributed by atoms with Gasteiger partial charge in [0, 0.05) is 6.54 Å². The Hall–Kier alpha value is -1.85. The highest BCUT2D eigenvalue weighted by atomic mass is 16.4. The molecule has 1 aromatic rings. The van der Waals surface area contributed by atoms with E-state index in [9.17, 15) is 9.59 Å². The third-order valence-corrected chi connectivity index (χ3v) is 2.21. The van der Waals surface area contributed by atoms with E-state index in [0.717, 1.165) is 0 Å². The van der Waals surface area contributed by atoms with Crippen LogP contribution in [0, 0.1) is 19.8 Å². The molecule has 1 aromatic heterocycles. The maximum atomic E-state index is 11.5. The Bertz CT molecular complexity index is 391. The fraction of sp³-hybridized carbons (Fsp3) is 0.500. The fourth-order valence-corrected chi connectivity index (χ4v) is 0.979. The average molecular weight is 226 g/mol. The molecule has 2 N–H and O–H groups in total. The molecule has 0 aliphatic carbocycles. The normalized spacial score (nSPS) is 12.2. The molecule has 0 spiro atoms. The topological polar surface area (TPSA) is 92.4 Å². The molecule has 0 aliphatic rings. The van der Waals surface area contributed by atoms with Gasteiger partial charge in [-0.3, -0.25) is 9.59 Å². The number of aliphatic carboxylic acids is 1. The van der Waals surface area contributed by atoms with E-state index in [0.29, 0.717) is 11.5 Å². The number of amides is 1. The number of aromatic nitrogens is 1. The summed E-state index contributed by atoms with van der Waals surface area (Å²) < 4.78 is 5.10. The van der Waals surface area contributed by atoms with Crippen molar-refractivity contribution in [2.24, 2.45) is 5.92 Å². The summed E-state index contributed by atoms with van der Waals surface area (Å²) in [5.74, 6) is -1.55. The lowest BCUT2D eigenvalue weighted by Crippen LogP contribution is -2.31. The van der Waals surface area contributed by atoms with Gasteiger partial charge < -0.3 is 14.8 Å². The predicted molar refractivity (Wildman–Crippen MR) is 55.1 cm³/mol. The highest BCUT2D eigenvalue weighted by Gasteiger charge is 2.17. The van der Waals surface area contributed by atoms with Crippen molar-refractivity contribution < 1.29 is 19.1 Å². The van der Waals surface area contributed by atoms with Crippen molar-refractivity contribution >= 4 is 11.9 Å². The van der Waals surface area contributed by atoms with Crippen LogP contribution in [-0.4, -0.2) is 28.5 Å². The monoisotopic (exact) mass is 226 g/mol. The van der Waals surface area contributed by atoms with Crippen molar-refractivity contribution in [3.05, 3.63) is 17.3 Å². The van der Waals surface area contributed by atoms with E-state index in [1.807, 2.05) is 0 Å². The van der Waals surface area contributed by atoms with Crippen LogP contribution in [0.3, 0.4) is 0 Å². The third-order valence-electron chi connectivity index (χ3n) is 2.21. The predicted octanol–water partition coefficient (Wildman–Crippen LogP) is 0.742. The van der Waals surface area contributed by atoms with E-state index in [-0.39, 0.29) is 12.4 Å². The number of nitrogens with zero attached hydrogens (tertiary/aromatic N) is 1. The molecule has 0 fully saturated rings. The lowest BCUT2D eigenvalue weighted by atomic mass is 10.2. The van der Waals surface area contributed by atoms with Crippen LogP contribution < -0.4 is 5.32 Å². The van der Waals surface area contributed by atoms with E-state index >= 15 is 0 Å². The van der Waals surface area contributed by atoms with Crippen LogP contribution in [0.15, 0.2) is 4.42 Å². The van der Waals surface area contributed by atoms with Gasteiger partial charge in [0.05, 0.1) is 11.6 Å². The van der Waals surface area contributed by atoms with E-state index < -0.39 is 17.8 Å². The van der Waals surface area contributed by atoms with Crippen molar-refractivity contribution in [3.63, 3.8) is 0 Å². The number of hydrogen-bond acceptors (Lipinski definition) is 4. The largest absolute Gasteiger partial charge is 0.481 e. The van der Waals surface area contributed by atoms with Gasteiger partial charge >= 0.3 is 11.9 Å². The highest BCUT2D eigenvalue weighted by molar-refractivity contribution is 5.90. The summed E-state index contributed by atoms with van der Waals surface area (Å²) in [6.45, 7) is 5.00. The Labute approximate surface area is 92.7 Å². The summed E-state index contributed by atoms with van der Waals surface area (Å²) in [6.07, 6.45) is 0. The van der Waals surface area contributed by atoms with Crippen LogP contribution in [0.4, 0.5) is 0 Å². The number of aryl methyl sites for hydroxylation is 2. The number of nitrogens with one attached hydrogen (secondary N) is 1. The summed E-state index contributed by atoms with van der Waals surface area (Å²) in [4.78, 5) is 25.9. The summed E-state index contributed by atoms with van der Waals surface area (Å²) in [7, 11) is 0. The maximum absolute atomic E-state index is 11.5. The molecule has 6 nitrogen and oxygen atoms in total. The first-order chi connectivity index (χ1) is 7.41. The van der Waals surface area contributed by atoms with Crippen LogP contribution in [0.1, 0.15) is 29.1 Å². The van der Waals surface area contributed by atoms with Gasteiger partial charge in [-0.05, 0) is 13.8 Å². The zero-order valence-electron chi connectivity index (χ0n) is 9.40. The first-order valence-corrected chi connectivity index (χ1v) is 4.87. The third kappa shape index (κ3) is 2.82. The minimum atomic E-state index is -0.958. The number of carboxylic acids is 1. The molecular formula is C10H14N2O4. The molecule has 0 aliphatic heterocycles. The highest BCUT2D eigenvalue weighted by Crippen LogP contribution is 2.07. The Morgan fingerprint density at radius 3 is 2.56 bits per heavy atom. The van der Waals surface area contributed by atoms with Gasteiger partial charge in [-0.25, -0.2) is 4.98 Å². The molecule has 0 radical (unpaired) electrons. The minimum Gasteiger partial charge on any atom is -0.481 e.